The number of aryl methyl sites for hydroxylation is 2. The second kappa shape index (κ2) is 8.06. The number of fused-ring (bicyclic) bond motifs is 1. The van der Waals surface area contributed by atoms with E-state index in [0.29, 0.717) is 17.1 Å². The number of rotatable bonds is 6. The summed E-state index contributed by atoms with van der Waals surface area (Å²) < 4.78 is 10.5. The summed E-state index contributed by atoms with van der Waals surface area (Å²) in [5, 5.41) is 12.2. The molecule has 0 atom stereocenters. The van der Waals surface area contributed by atoms with E-state index in [1.807, 2.05) is 30.3 Å². The number of hydrogen-bond acceptors (Lipinski definition) is 4. The molecule has 2 N–H and O–H groups in total. The van der Waals surface area contributed by atoms with E-state index in [1.165, 1.54) is 11.6 Å². The first kappa shape index (κ1) is 18.6. The lowest BCUT2D eigenvalue weighted by Crippen LogP contribution is -2.15. The third-order valence-corrected chi connectivity index (χ3v) is 4.74. The fourth-order valence-electron chi connectivity index (χ4n) is 3.20. The summed E-state index contributed by atoms with van der Waals surface area (Å²) in [4.78, 5) is 24.3. The molecule has 0 unspecified atom stereocenters. The maximum atomic E-state index is 12.7. The standard InChI is InChI=1S/C23H19NO5/c25-22(17-9-11-20-21(13-17)29-14-28-20)24-19-12-16(8-10-18(19)23(26)27)7-6-15-4-2-1-3-5-15/h1-5,8-13H,6-7,14H2,(H,24,25)(H,26,27). The molecule has 0 bridgehead atoms. The van der Waals surface area contributed by atoms with Crippen LogP contribution in [0.2, 0.25) is 0 Å². The Bertz CT molecular complexity index is 1060. The summed E-state index contributed by atoms with van der Waals surface area (Å²) in [6, 6.07) is 19.9. The summed E-state index contributed by atoms with van der Waals surface area (Å²) in [5.41, 5.74) is 2.81. The summed E-state index contributed by atoms with van der Waals surface area (Å²) in [7, 11) is 0. The lowest BCUT2D eigenvalue weighted by molar-refractivity contribution is 0.0698. The number of aromatic carboxylic acids is 1. The molecule has 1 amide bonds. The van der Waals surface area contributed by atoms with E-state index in [0.717, 1.165) is 18.4 Å². The normalized spacial score (nSPS) is 11.9. The number of ether oxygens (including phenoxy) is 2. The lowest BCUT2D eigenvalue weighted by atomic mass is 10.0. The van der Waals surface area contributed by atoms with Crippen LogP contribution < -0.4 is 14.8 Å². The van der Waals surface area contributed by atoms with E-state index >= 15 is 0 Å². The van der Waals surface area contributed by atoms with Crippen molar-refractivity contribution in [3.05, 3.63) is 89.0 Å². The first-order chi connectivity index (χ1) is 14.1. The Morgan fingerprint density at radius 3 is 2.41 bits per heavy atom. The van der Waals surface area contributed by atoms with Crippen molar-refractivity contribution in [3.63, 3.8) is 0 Å². The third-order valence-electron chi connectivity index (χ3n) is 4.74. The summed E-state index contributed by atoms with van der Waals surface area (Å²) in [6.07, 6.45) is 1.56. The summed E-state index contributed by atoms with van der Waals surface area (Å²) in [5.74, 6) is -0.435. The number of carbonyl (C=O) groups excluding carboxylic acids is 1. The molecule has 0 saturated heterocycles. The van der Waals surface area contributed by atoms with Crippen LogP contribution in [-0.4, -0.2) is 23.8 Å². The quantitative estimate of drug-likeness (QED) is 0.662. The van der Waals surface area contributed by atoms with Gasteiger partial charge in [0.05, 0.1) is 11.3 Å². The fourth-order valence-corrected chi connectivity index (χ4v) is 3.20. The predicted molar refractivity (Wildman–Crippen MR) is 108 cm³/mol. The van der Waals surface area contributed by atoms with Crippen molar-refractivity contribution in [1.82, 2.24) is 0 Å². The van der Waals surface area contributed by atoms with Crippen molar-refractivity contribution in [2.45, 2.75) is 12.8 Å². The molecular formula is C23H19NO5. The Morgan fingerprint density at radius 2 is 1.62 bits per heavy atom. The topological polar surface area (TPSA) is 84.9 Å². The van der Waals surface area contributed by atoms with Crippen molar-refractivity contribution >= 4 is 17.6 Å². The fraction of sp³-hybridized carbons (Fsp3) is 0.130. The molecule has 0 aromatic heterocycles. The van der Waals surface area contributed by atoms with Crippen molar-refractivity contribution in [2.75, 3.05) is 12.1 Å². The highest BCUT2D eigenvalue weighted by Crippen LogP contribution is 2.32. The smallest absolute Gasteiger partial charge is 0.337 e. The van der Waals surface area contributed by atoms with Gasteiger partial charge in [0, 0.05) is 5.56 Å². The number of amides is 1. The van der Waals surface area contributed by atoms with Crippen LogP contribution in [0.25, 0.3) is 0 Å². The maximum Gasteiger partial charge on any atom is 0.337 e. The molecular weight excluding hydrogens is 370 g/mol. The van der Waals surface area contributed by atoms with Crippen molar-refractivity contribution in [1.29, 1.82) is 0 Å². The molecule has 146 valence electrons. The molecule has 1 heterocycles. The summed E-state index contributed by atoms with van der Waals surface area (Å²) in [6.45, 7) is 0.118. The number of carbonyl (C=O) groups is 2. The first-order valence-corrected chi connectivity index (χ1v) is 9.21. The highest BCUT2D eigenvalue weighted by Gasteiger charge is 2.18. The minimum Gasteiger partial charge on any atom is -0.478 e. The van der Waals surface area contributed by atoms with Gasteiger partial charge in [-0.2, -0.15) is 0 Å². The van der Waals surface area contributed by atoms with Crippen LogP contribution in [0.4, 0.5) is 5.69 Å². The molecule has 6 nitrogen and oxygen atoms in total. The van der Waals surface area contributed by atoms with Gasteiger partial charge in [0.25, 0.3) is 5.91 Å². The van der Waals surface area contributed by atoms with E-state index in [2.05, 4.69) is 5.32 Å². The molecule has 0 aliphatic carbocycles. The van der Waals surface area contributed by atoms with Gasteiger partial charge in [0.15, 0.2) is 11.5 Å². The van der Waals surface area contributed by atoms with E-state index < -0.39 is 11.9 Å². The van der Waals surface area contributed by atoms with Gasteiger partial charge >= 0.3 is 5.97 Å². The number of benzene rings is 3. The number of anilines is 1. The number of nitrogens with one attached hydrogen (secondary N) is 1. The van der Waals surface area contributed by atoms with Crippen molar-refractivity contribution in [3.8, 4) is 11.5 Å². The Kier molecular flexibility index (Phi) is 5.16. The molecule has 6 heteroatoms. The average Bonchev–Trinajstić information content (AvgIpc) is 3.21. The number of carboxylic acids is 1. The highest BCUT2D eigenvalue weighted by atomic mass is 16.7. The van der Waals surface area contributed by atoms with Crippen LogP contribution in [0.3, 0.4) is 0 Å². The van der Waals surface area contributed by atoms with E-state index in [-0.39, 0.29) is 18.0 Å². The molecule has 4 rings (SSSR count). The average molecular weight is 389 g/mol. The molecule has 0 spiro atoms. The van der Waals surface area contributed by atoms with Gasteiger partial charge in [0.1, 0.15) is 0 Å². The molecule has 0 radical (unpaired) electrons. The van der Waals surface area contributed by atoms with Gasteiger partial charge in [-0.3, -0.25) is 4.79 Å². The zero-order valence-corrected chi connectivity index (χ0v) is 15.6. The van der Waals surface area contributed by atoms with Gasteiger partial charge in [-0.15, -0.1) is 0 Å². The Balaban J connectivity index is 1.54. The van der Waals surface area contributed by atoms with Crippen LogP contribution in [0, 0.1) is 0 Å². The largest absolute Gasteiger partial charge is 0.478 e. The van der Waals surface area contributed by atoms with Crippen LogP contribution in [0.1, 0.15) is 31.8 Å². The molecule has 1 aliphatic heterocycles. The molecule has 3 aromatic carbocycles. The zero-order chi connectivity index (χ0) is 20.2. The second-order valence-corrected chi connectivity index (χ2v) is 6.69. The SMILES string of the molecule is O=C(Nc1cc(CCc2ccccc2)ccc1C(=O)O)c1ccc2c(c1)OCO2. The van der Waals surface area contributed by atoms with E-state index in [1.54, 1.807) is 30.3 Å². The minimum atomic E-state index is -1.10. The zero-order valence-electron chi connectivity index (χ0n) is 15.6. The molecule has 29 heavy (non-hydrogen) atoms. The summed E-state index contributed by atoms with van der Waals surface area (Å²) >= 11 is 0. The maximum absolute atomic E-state index is 12.7. The van der Waals surface area contributed by atoms with Gasteiger partial charge in [0.2, 0.25) is 6.79 Å². The Morgan fingerprint density at radius 1 is 0.862 bits per heavy atom. The molecule has 1 aliphatic rings. The molecule has 3 aromatic rings. The van der Waals surface area contributed by atoms with Gasteiger partial charge in [-0.1, -0.05) is 36.4 Å². The van der Waals surface area contributed by atoms with Crippen LogP contribution >= 0.6 is 0 Å². The highest BCUT2D eigenvalue weighted by molar-refractivity contribution is 6.08. The van der Waals surface area contributed by atoms with Gasteiger partial charge < -0.3 is 19.9 Å². The number of hydrogen-bond donors (Lipinski definition) is 2. The van der Waals surface area contributed by atoms with Crippen LogP contribution in [0.15, 0.2) is 66.7 Å². The van der Waals surface area contributed by atoms with E-state index in [4.69, 9.17) is 9.47 Å². The van der Waals surface area contributed by atoms with Crippen LogP contribution in [-0.2, 0) is 12.8 Å². The predicted octanol–water partition coefficient (Wildman–Crippen LogP) is 4.15. The minimum absolute atomic E-state index is 0.0440. The van der Waals surface area contributed by atoms with Crippen molar-refractivity contribution in [2.24, 2.45) is 0 Å². The van der Waals surface area contributed by atoms with Gasteiger partial charge in [-0.25, -0.2) is 4.79 Å². The lowest BCUT2D eigenvalue weighted by Gasteiger charge is -2.11. The number of carboxylic acid groups (broad SMARTS) is 1. The van der Waals surface area contributed by atoms with Crippen LogP contribution in [0.5, 0.6) is 11.5 Å². The molecule has 0 saturated carbocycles. The van der Waals surface area contributed by atoms with E-state index in [9.17, 15) is 14.7 Å². The van der Waals surface area contributed by atoms with Crippen molar-refractivity contribution < 1.29 is 24.2 Å². The second-order valence-electron chi connectivity index (χ2n) is 6.69. The first-order valence-electron chi connectivity index (χ1n) is 9.21. The third kappa shape index (κ3) is 4.21. The Hall–Kier alpha value is -3.80. The Labute approximate surface area is 167 Å². The molecule has 0 fully saturated rings. The monoisotopic (exact) mass is 389 g/mol. The van der Waals surface area contributed by atoms with Gasteiger partial charge in [-0.05, 0) is 54.3 Å².